The zero-order valence-electron chi connectivity index (χ0n) is 23.1. The van der Waals surface area contributed by atoms with Crippen LogP contribution in [0.25, 0.3) is 11.0 Å². The molecule has 210 valence electrons. The number of aromatic carboxylic acids is 1. The molecule has 2 aliphatic rings. The highest BCUT2D eigenvalue weighted by molar-refractivity contribution is 6.12. The number of aromatic amines is 1. The summed E-state index contributed by atoms with van der Waals surface area (Å²) < 4.78 is 1.93. The van der Waals surface area contributed by atoms with Crippen LogP contribution in [0, 0.1) is 0 Å². The van der Waals surface area contributed by atoms with E-state index in [9.17, 15) is 14.7 Å². The number of likely N-dealkylation sites (tertiary alicyclic amines) is 1. The third kappa shape index (κ3) is 4.90. The fourth-order valence-electron chi connectivity index (χ4n) is 6.21. The standard InChI is InChI=1S/C34H31N5O3/c40-33(41)25-12-15-29-26(20-25)22-38(32(35-29)24-6-2-1-3-7-24)27-13-10-23(11-14-27)21-37-18-16-28(17-19-37)39-31-9-5-4-8-30(31)36-34(39)42/h1-15,20,28H,16-19,21-22H2,(H,36,42)(H,40,41). The van der Waals surface area contributed by atoms with Crippen molar-refractivity contribution in [1.29, 1.82) is 0 Å². The summed E-state index contributed by atoms with van der Waals surface area (Å²) in [5.74, 6) is -0.0994. The lowest BCUT2D eigenvalue weighted by molar-refractivity contribution is 0.0696. The smallest absolute Gasteiger partial charge is 0.335 e. The van der Waals surface area contributed by atoms with Crippen LogP contribution in [0.3, 0.4) is 0 Å². The minimum absolute atomic E-state index is 0.0248. The molecule has 7 rings (SSSR count). The summed E-state index contributed by atoms with van der Waals surface area (Å²) >= 11 is 0. The maximum absolute atomic E-state index is 12.7. The van der Waals surface area contributed by atoms with Gasteiger partial charge in [0.05, 0.1) is 28.8 Å². The van der Waals surface area contributed by atoms with E-state index in [0.717, 1.165) is 71.8 Å². The summed E-state index contributed by atoms with van der Waals surface area (Å²) in [5, 5.41) is 9.51. The molecular weight excluding hydrogens is 526 g/mol. The van der Waals surface area contributed by atoms with E-state index < -0.39 is 5.97 Å². The highest BCUT2D eigenvalue weighted by atomic mass is 16.4. The first-order valence-corrected chi connectivity index (χ1v) is 14.3. The number of nitrogens with one attached hydrogen (secondary N) is 1. The molecule has 0 saturated carbocycles. The summed E-state index contributed by atoms with van der Waals surface area (Å²) in [6, 6.07) is 31.9. The van der Waals surface area contributed by atoms with Crippen LogP contribution in [-0.2, 0) is 13.1 Å². The van der Waals surface area contributed by atoms with Gasteiger partial charge in [-0.25, -0.2) is 14.6 Å². The number of imidazole rings is 1. The lowest BCUT2D eigenvalue weighted by Gasteiger charge is -2.33. The molecular formula is C34H31N5O3. The van der Waals surface area contributed by atoms with Crippen molar-refractivity contribution in [2.45, 2.75) is 32.0 Å². The van der Waals surface area contributed by atoms with Gasteiger partial charge in [0.1, 0.15) is 5.84 Å². The van der Waals surface area contributed by atoms with Crippen LogP contribution >= 0.6 is 0 Å². The first kappa shape index (κ1) is 26.0. The van der Waals surface area contributed by atoms with Crippen molar-refractivity contribution in [3.63, 3.8) is 0 Å². The fourth-order valence-corrected chi connectivity index (χ4v) is 6.21. The van der Waals surface area contributed by atoms with Crippen LogP contribution in [0.5, 0.6) is 0 Å². The molecule has 0 spiro atoms. The van der Waals surface area contributed by atoms with E-state index in [0.29, 0.717) is 6.54 Å². The number of rotatable bonds is 6. The van der Waals surface area contributed by atoms with E-state index in [1.807, 2.05) is 59.2 Å². The van der Waals surface area contributed by atoms with Crippen molar-refractivity contribution in [2.24, 2.45) is 4.99 Å². The Labute approximate surface area is 243 Å². The molecule has 8 nitrogen and oxygen atoms in total. The molecule has 4 aromatic carbocycles. The van der Waals surface area contributed by atoms with Gasteiger partial charge in [0.25, 0.3) is 0 Å². The molecule has 1 fully saturated rings. The molecule has 0 atom stereocenters. The molecule has 8 heteroatoms. The fraction of sp³-hybridized carbons (Fsp3) is 0.206. The molecule has 0 amide bonds. The molecule has 2 N–H and O–H groups in total. The van der Waals surface area contributed by atoms with Gasteiger partial charge >= 0.3 is 11.7 Å². The number of fused-ring (bicyclic) bond motifs is 2. The van der Waals surface area contributed by atoms with Crippen molar-refractivity contribution in [3.05, 3.63) is 130 Å². The summed E-state index contributed by atoms with van der Waals surface area (Å²) in [5.41, 5.74) is 7.03. The number of H-pyrrole nitrogens is 1. The van der Waals surface area contributed by atoms with Crippen LogP contribution in [0.4, 0.5) is 11.4 Å². The highest BCUT2D eigenvalue weighted by Crippen LogP contribution is 2.33. The zero-order valence-corrected chi connectivity index (χ0v) is 23.1. The number of piperidine rings is 1. The molecule has 1 saturated heterocycles. The predicted octanol–water partition coefficient (Wildman–Crippen LogP) is 5.96. The van der Waals surface area contributed by atoms with Gasteiger partial charge in [-0.3, -0.25) is 9.47 Å². The van der Waals surface area contributed by atoms with E-state index in [-0.39, 0.29) is 17.3 Å². The number of carbonyl (C=O) groups is 1. The van der Waals surface area contributed by atoms with Crippen LogP contribution in [-0.4, -0.2) is 44.5 Å². The van der Waals surface area contributed by atoms with Crippen LogP contribution in [0.1, 0.15) is 45.9 Å². The van der Waals surface area contributed by atoms with Gasteiger partial charge in [0.15, 0.2) is 0 Å². The molecule has 0 bridgehead atoms. The minimum atomic E-state index is -0.941. The lowest BCUT2D eigenvalue weighted by atomic mass is 10.0. The van der Waals surface area contributed by atoms with Gasteiger partial charge in [-0.2, -0.15) is 0 Å². The van der Waals surface area contributed by atoms with E-state index in [1.54, 1.807) is 18.2 Å². The maximum Gasteiger partial charge on any atom is 0.335 e. The number of anilines is 1. The first-order valence-electron chi connectivity index (χ1n) is 14.3. The second-order valence-electron chi connectivity index (χ2n) is 11.0. The highest BCUT2D eigenvalue weighted by Gasteiger charge is 2.25. The molecule has 42 heavy (non-hydrogen) atoms. The third-order valence-electron chi connectivity index (χ3n) is 8.37. The number of carboxylic acid groups (broad SMARTS) is 1. The van der Waals surface area contributed by atoms with Gasteiger partial charge < -0.3 is 15.0 Å². The number of aromatic nitrogens is 2. The number of carboxylic acids is 1. The molecule has 0 radical (unpaired) electrons. The maximum atomic E-state index is 12.7. The lowest BCUT2D eigenvalue weighted by Crippen LogP contribution is -2.36. The van der Waals surface area contributed by atoms with Gasteiger partial charge in [-0.15, -0.1) is 0 Å². The Morgan fingerprint density at radius 1 is 0.905 bits per heavy atom. The van der Waals surface area contributed by atoms with Crippen LogP contribution in [0.2, 0.25) is 0 Å². The number of amidine groups is 1. The van der Waals surface area contributed by atoms with Gasteiger partial charge in [0.2, 0.25) is 0 Å². The Kier molecular flexibility index (Phi) is 6.68. The van der Waals surface area contributed by atoms with Gasteiger partial charge in [-0.1, -0.05) is 54.6 Å². The molecule has 5 aromatic rings. The predicted molar refractivity (Wildman–Crippen MR) is 165 cm³/mol. The number of para-hydroxylation sites is 2. The molecule has 1 aromatic heterocycles. The minimum Gasteiger partial charge on any atom is -0.478 e. The number of hydrogen-bond donors (Lipinski definition) is 2. The third-order valence-corrected chi connectivity index (χ3v) is 8.37. The topological polar surface area (TPSA) is 93.9 Å². The van der Waals surface area contributed by atoms with Crippen LogP contribution in [0.15, 0.2) is 107 Å². The quantitative estimate of drug-likeness (QED) is 0.269. The van der Waals surface area contributed by atoms with Crippen molar-refractivity contribution in [3.8, 4) is 0 Å². The molecule has 0 unspecified atom stereocenters. The Balaban J connectivity index is 1.08. The Morgan fingerprint density at radius 3 is 2.40 bits per heavy atom. The van der Waals surface area contributed by atoms with Crippen molar-refractivity contribution >= 4 is 34.2 Å². The van der Waals surface area contributed by atoms with Gasteiger partial charge in [-0.05, 0) is 66.4 Å². The average molecular weight is 558 g/mol. The molecule has 3 heterocycles. The summed E-state index contributed by atoms with van der Waals surface area (Å²) in [4.78, 5) is 36.8. The Morgan fingerprint density at radius 2 is 1.64 bits per heavy atom. The number of benzene rings is 4. The SMILES string of the molecule is O=C(O)c1ccc2c(c1)CN(c1ccc(CN3CCC(n4c(=O)[nH]c5ccccc54)CC3)cc1)C(c1ccccc1)=N2. The summed E-state index contributed by atoms with van der Waals surface area (Å²) in [7, 11) is 0. The monoisotopic (exact) mass is 557 g/mol. The number of hydrogen-bond acceptors (Lipinski definition) is 5. The number of nitrogens with zero attached hydrogens (tertiary/aromatic N) is 4. The second-order valence-corrected chi connectivity index (χ2v) is 11.0. The normalized spacial score (nSPS) is 15.9. The van der Waals surface area contributed by atoms with E-state index in [2.05, 4.69) is 39.0 Å². The molecule has 2 aliphatic heterocycles. The van der Waals surface area contributed by atoms with Crippen LogP contribution < -0.4 is 10.6 Å². The van der Waals surface area contributed by atoms with E-state index >= 15 is 0 Å². The van der Waals surface area contributed by atoms with Crippen molar-refractivity contribution in [2.75, 3.05) is 18.0 Å². The van der Waals surface area contributed by atoms with Crippen molar-refractivity contribution < 1.29 is 9.90 Å². The zero-order chi connectivity index (χ0) is 28.6. The van der Waals surface area contributed by atoms with E-state index in [1.165, 1.54) is 5.56 Å². The Hall–Kier alpha value is -4.95. The summed E-state index contributed by atoms with van der Waals surface area (Å²) in [6.45, 7) is 3.24. The number of aliphatic imine (C=N–C) groups is 1. The largest absolute Gasteiger partial charge is 0.478 e. The van der Waals surface area contributed by atoms with Gasteiger partial charge in [0, 0.05) is 36.9 Å². The van der Waals surface area contributed by atoms with E-state index in [4.69, 9.17) is 4.99 Å². The summed E-state index contributed by atoms with van der Waals surface area (Å²) in [6.07, 6.45) is 1.87. The molecule has 0 aliphatic carbocycles. The Bertz CT molecular complexity index is 1850. The first-order chi connectivity index (χ1) is 20.5. The average Bonchev–Trinajstić information content (AvgIpc) is 3.37. The van der Waals surface area contributed by atoms with Crippen molar-refractivity contribution in [1.82, 2.24) is 14.5 Å². The second kappa shape index (κ2) is 10.8.